The van der Waals surface area contributed by atoms with E-state index in [1.54, 1.807) is 0 Å². The van der Waals surface area contributed by atoms with Crippen molar-refractivity contribution < 1.29 is 5.11 Å². The van der Waals surface area contributed by atoms with Crippen molar-refractivity contribution in [2.75, 3.05) is 5.75 Å². The van der Waals surface area contributed by atoms with E-state index in [1.165, 1.54) is 102 Å². The maximum Gasteiger partial charge on any atom is 0.102 e. The summed E-state index contributed by atoms with van der Waals surface area (Å²) in [5, 5.41) is 12.2. The Bertz CT molecular complexity index is 230. The molecule has 0 aromatic rings. The molecular weight excluding hydrogens is 312 g/mol. The number of unbranched alkanes of at least 4 members (excludes halogenated alkanes) is 13. The first-order valence-electron chi connectivity index (χ1n) is 11.0. The van der Waals surface area contributed by atoms with Gasteiger partial charge in [0.15, 0.2) is 0 Å². The molecule has 0 aromatic heterocycles. The molecule has 1 nitrogen and oxygen atoms in total. The fourth-order valence-corrected chi connectivity index (χ4v) is 4.50. The molecule has 0 saturated carbocycles. The molecule has 2 heteroatoms. The minimum absolute atomic E-state index is 0.352. The van der Waals surface area contributed by atoms with Crippen molar-refractivity contribution in [1.82, 2.24) is 0 Å². The summed E-state index contributed by atoms with van der Waals surface area (Å²) >= 11 is 1.96. The van der Waals surface area contributed by atoms with Crippen LogP contribution in [0.4, 0.5) is 0 Å². The predicted octanol–water partition coefficient (Wildman–Crippen LogP) is 8.19. The average Bonchev–Trinajstić information content (AvgIpc) is 2.57. The maximum absolute atomic E-state index is 11.9. The third kappa shape index (κ3) is 17.1. The molecule has 0 saturated heterocycles. The van der Waals surface area contributed by atoms with E-state index in [4.69, 9.17) is 0 Å². The van der Waals surface area contributed by atoms with Gasteiger partial charge in [0, 0.05) is 5.25 Å². The highest BCUT2D eigenvalue weighted by molar-refractivity contribution is 7.99. The largest absolute Gasteiger partial charge is 0.232 e. The average molecular weight is 358 g/mol. The molecule has 0 aliphatic heterocycles. The van der Waals surface area contributed by atoms with Crippen molar-refractivity contribution in [2.24, 2.45) is 0 Å². The van der Waals surface area contributed by atoms with E-state index in [-0.39, 0.29) is 0 Å². The van der Waals surface area contributed by atoms with Crippen molar-refractivity contribution in [2.45, 2.75) is 135 Å². The van der Waals surface area contributed by atoms with Crippen molar-refractivity contribution in [3.8, 4) is 0 Å². The van der Waals surface area contributed by atoms with E-state index >= 15 is 0 Å². The Kier molecular flexibility index (Phi) is 19.9. The number of rotatable bonds is 19. The lowest BCUT2D eigenvalue weighted by Gasteiger charge is -2.18. The Labute approximate surface area is 157 Å². The van der Waals surface area contributed by atoms with Crippen LogP contribution in [0.1, 0.15) is 124 Å². The Balaban J connectivity index is 3.46. The highest BCUT2D eigenvalue weighted by Gasteiger charge is 2.16. The molecule has 0 aromatic carbocycles. The van der Waals surface area contributed by atoms with Crippen LogP contribution < -0.4 is 0 Å². The van der Waals surface area contributed by atoms with Crippen molar-refractivity contribution in [1.29, 1.82) is 0 Å². The molecule has 0 heterocycles. The number of thioether (sulfide) groups is 1. The topological polar surface area (TPSA) is 19.9 Å². The van der Waals surface area contributed by atoms with Crippen LogP contribution in [0.5, 0.6) is 0 Å². The Morgan fingerprint density at radius 2 is 1.04 bits per heavy atom. The van der Waals surface area contributed by atoms with E-state index in [0.717, 1.165) is 6.42 Å². The van der Waals surface area contributed by atoms with Gasteiger partial charge in [0.2, 0.25) is 0 Å². The van der Waals surface area contributed by atoms with Crippen LogP contribution in [0, 0.1) is 0 Å². The van der Waals surface area contributed by atoms with E-state index in [9.17, 15) is 5.11 Å². The van der Waals surface area contributed by atoms with Crippen LogP contribution in [-0.2, 0) is 5.11 Å². The second-order valence-corrected chi connectivity index (χ2v) is 8.85. The fraction of sp³-hybridized carbons (Fsp3) is 1.00. The first kappa shape index (κ1) is 24.3. The number of hydrogen-bond acceptors (Lipinski definition) is 1. The van der Waals surface area contributed by atoms with Gasteiger partial charge in [0.1, 0.15) is 6.10 Å². The Morgan fingerprint density at radius 1 is 0.625 bits per heavy atom. The monoisotopic (exact) mass is 357 g/mol. The second kappa shape index (κ2) is 19.6. The molecule has 0 aliphatic carbocycles. The molecule has 0 aliphatic rings. The summed E-state index contributed by atoms with van der Waals surface area (Å²) in [6.45, 7) is 6.41. The maximum atomic E-state index is 11.9. The smallest absolute Gasteiger partial charge is 0.102 e. The molecule has 1 radical (unpaired) electrons. The van der Waals surface area contributed by atoms with Gasteiger partial charge in [-0.2, -0.15) is 11.8 Å². The standard InChI is InChI=1S/C22H45OS/c1-4-6-8-10-12-14-16-18-20-24-22(21(3)23)19-17-15-13-11-9-7-5-2/h21-22H,4-20H2,1-3H3. The third-order valence-corrected chi connectivity index (χ3v) is 6.52. The van der Waals surface area contributed by atoms with Crippen molar-refractivity contribution in [3.63, 3.8) is 0 Å². The lowest BCUT2D eigenvalue weighted by Crippen LogP contribution is -2.18. The second-order valence-electron chi connectivity index (χ2n) is 7.50. The van der Waals surface area contributed by atoms with Gasteiger partial charge in [0.05, 0.1) is 0 Å². The molecular formula is C22H45OS. The molecule has 0 rings (SSSR count). The van der Waals surface area contributed by atoms with E-state index in [1.807, 2.05) is 18.7 Å². The molecule has 0 spiro atoms. The predicted molar refractivity (Wildman–Crippen MR) is 112 cm³/mol. The normalized spacial score (nSPS) is 14.0. The lowest BCUT2D eigenvalue weighted by molar-refractivity contribution is 0.100. The van der Waals surface area contributed by atoms with Gasteiger partial charge >= 0.3 is 0 Å². The zero-order valence-corrected chi connectivity index (χ0v) is 17.8. The summed E-state index contributed by atoms with van der Waals surface area (Å²) in [4.78, 5) is 0. The number of hydrogen-bond donors (Lipinski definition) is 0. The van der Waals surface area contributed by atoms with Gasteiger partial charge in [-0.15, -0.1) is 0 Å². The van der Waals surface area contributed by atoms with Crippen LogP contribution in [0.25, 0.3) is 0 Å². The van der Waals surface area contributed by atoms with Gasteiger partial charge in [-0.3, -0.25) is 0 Å². The van der Waals surface area contributed by atoms with E-state index in [0.29, 0.717) is 5.25 Å². The molecule has 2 unspecified atom stereocenters. The van der Waals surface area contributed by atoms with E-state index in [2.05, 4.69) is 13.8 Å². The van der Waals surface area contributed by atoms with Crippen molar-refractivity contribution >= 4 is 11.8 Å². The van der Waals surface area contributed by atoms with Crippen LogP contribution in [0.15, 0.2) is 0 Å². The quantitative estimate of drug-likeness (QED) is 0.213. The van der Waals surface area contributed by atoms with Crippen LogP contribution in [0.2, 0.25) is 0 Å². The van der Waals surface area contributed by atoms with E-state index < -0.39 is 6.10 Å². The molecule has 24 heavy (non-hydrogen) atoms. The van der Waals surface area contributed by atoms with Crippen LogP contribution in [-0.4, -0.2) is 17.1 Å². The zero-order valence-electron chi connectivity index (χ0n) is 17.0. The Morgan fingerprint density at radius 3 is 1.50 bits per heavy atom. The third-order valence-electron chi connectivity index (χ3n) is 4.95. The first-order chi connectivity index (χ1) is 11.7. The SMILES string of the molecule is CCCCCCCCCCSC(CCCCCCCCC)C(C)[O]. The molecule has 0 fully saturated rings. The fourth-order valence-electron chi connectivity index (χ4n) is 3.23. The minimum atomic E-state index is -0.399. The Hall–Kier alpha value is 0.310. The highest BCUT2D eigenvalue weighted by Crippen LogP contribution is 2.24. The van der Waals surface area contributed by atoms with Crippen LogP contribution >= 0.6 is 11.8 Å². The summed E-state index contributed by atoms with van der Waals surface area (Å²) < 4.78 is 0. The molecule has 0 N–H and O–H groups in total. The lowest BCUT2D eigenvalue weighted by atomic mass is 10.1. The summed E-state index contributed by atoms with van der Waals surface area (Å²) in [6, 6.07) is 0. The molecule has 0 bridgehead atoms. The van der Waals surface area contributed by atoms with Gasteiger partial charge in [-0.05, 0) is 25.5 Å². The van der Waals surface area contributed by atoms with Crippen LogP contribution in [0.3, 0.4) is 0 Å². The minimum Gasteiger partial charge on any atom is -0.232 e. The van der Waals surface area contributed by atoms with Gasteiger partial charge < -0.3 is 0 Å². The van der Waals surface area contributed by atoms with Crippen molar-refractivity contribution in [3.05, 3.63) is 0 Å². The molecule has 2 atom stereocenters. The highest BCUT2D eigenvalue weighted by atomic mass is 32.2. The van der Waals surface area contributed by atoms with Gasteiger partial charge in [0.25, 0.3) is 0 Å². The molecule has 0 amide bonds. The summed E-state index contributed by atoms with van der Waals surface area (Å²) in [6.07, 6.45) is 21.2. The molecule has 145 valence electrons. The zero-order chi connectivity index (χ0) is 17.9. The summed E-state index contributed by atoms with van der Waals surface area (Å²) in [5.74, 6) is 1.20. The summed E-state index contributed by atoms with van der Waals surface area (Å²) in [7, 11) is 0. The van der Waals surface area contributed by atoms with Gasteiger partial charge in [-0.1, -0.05) is 104 Å². The van der Waals surface area contributed by atoms with Gasteiger partial charge in [-0.25, -0.2) is 5.11 Å². The first-order valence-corrected chi connectivity index (χ1v) is 12.0. The summed E-state index contributed by atoms with van der Waals surface area (Å²) in [5.41, 5.74) is 0.